The van der Waals surface area contributed by atoms with Gasteiger partial charge >= 0.3 is 5.97 Å². The highest BCUT2D eigenvalue weighted by Crippen LogP contribution is 2.27. The van der Waals surface area contributed by atoms with Crippen molar-refractivity contribution in [1.29, 1.82) is 0 Å². The van der Waals surface area contributed by atoms with Gasteiger partial charge in [-0.1, -0.05) is 16.8 Å². The van der Waals surface area contributed by atoms with Gasteiger partial charge in [-0.15, -0.1) is 5.10 Å². The first kappa shape index (κ1) is 14.3. The molecule has 2 rings (SSSR count). The second-order valence-electron chi connectivity index (χ2n) is 3.97. The van der Waals surface area contributed by atoms with Crippen molar-refractivity contribution in [2.45, 2.75) is 13.8 Å². The molecule has 0 radical (unpaired) electrons. The molecule has 0 atom stereocenters. The number of halogens is 1. The molecule has 20 heavy (non-hydrogen) atoms. The number of methoxy groups -OCH3 is 1. The van der Waals surface area contributed by atoms with Gasteiger partial charge in [-0.25, -0.2) is 9.48 Å². The molecule has 0 saturated heterocycles. The number of benzene rings is 1. The van der Waals surface area contributed by atoms with E-state index >= 15 is 0 Å². The minimum absolute atomic E-state index is 0.193. The first-order valence-corrected chi connectivity index (χ1v) is 6.39. The molecule has 0 aliphatic carbocycles. The number of hydrogen-bond acceptors (Lipinski definition) is 5. The first-order valence-electron chi connectivity index (χ1n) is 6.01. The van der Waals surface area contributed by atoms with E-state index in [1.807, 2.05) is 0 Å². The summed E-state index contributed by atoms with van der Waals surface area (Å²) in [6.07, 6.45) is 0. The Morgan fingerprint density at radius 1 is 1.45 bits per heavy atom. The predicted octanol–water partition coefficient (Wildman–Crippen LogP) is 2.41. The van der Waals surface area contributed by atoms with E-state index in [0.717, 1.165) is 0 Å². The molecule has 0 saturated carbocycles. The Labute approximate surface area is 121 Å². The average Bonchev–Trinajstić information content (AvgIpc) is 2.81. The highest BCUT2D eigenvalue weighted by Gasteiger charge is 2.18. The fraction of sp³-hybridized carbons (Fsp3) is 0.308. The van der Waals surface area contributed by atoms with Gasteiger partial charge in [-0.2, -0.15) is 0 Å². The van der Waals surface area contributed by atoms with Crippen LogP contribution >= 0.6 is 11.6 Å². The lowest BCUT2D eigenvalue weighted by atomic mass is 10.2. The molecule has 106 valence electrons. The number of aromatic nitrogens is 3. The van der Waals surface area contributed by atoms with E-state index in [4.69, 9.17) is 21.1 Å². The van der Waals surface area contributed by atoms with Crippen LogP contribution in [-0.2, 0) is 4.74 Å². The Morgan fingerprint density at radius 3 is 2.80 bits per heavy atom. The zero-order valence-electron chi connectivity index (χ0n) is 11.4. The van der Waals surface area contributed by atoms with Crippen LogP contribution in [-0.4, -0.2) is 34.7 Å². The highest BCUT2D eigenvalue weighted by molar-refractivity contribution is 6.32. The lowest BCUT2D eigenvalue weighted by Crippen LogP contribution is -2.07. The molecule has 0 spiro atoms. The van der Waals surface area contributed by atoms with Crippen molar-refractivity contribution in [1.82, 2.24) is 15.0 Å². The fourth-order valence-electron chi connectivity index (χ4n) is 1.75. The van der Waals surface area contributed by atoms with E-state index in [1.54, 1.807) is 39.2 Å². The van der Waals surface area contributed by atoms with Gasteiger partial charge in [-0.3, -0.25) is 0 Å². The number of carbonyl (C=O) groups excluding carboxylic acids is 1. The normalized spacial score (nSPS) is 10.4. The van der Waals surface area contributed by atoms with Crippen LogP contribution in [0, 0.1) is 6.92 Å². The Kier molecular flexibility index (Phi) is 4.24. The van der Waals surface area contributed by atoms with Gasteiger partial charge in [0.25, 0.3) is 0 Å². The summed E-state index contributed by atoms with van der Waals surface area (Å²) in [6.45, 7) is 3.77. The molecule has 6 nitrogen and oxygen atoms in total. The standard InChI is InChI=1S/C13H14ClN3O3/c1-4-20-13(18)12-8(2)17(16-15-12)9-5-6-11(19-3)10(14)7-9/h5-7H,4H2,1-3H3. The van der Waals surface area contributed by atoms with Crippen LogP contribution in [0.2, 0.25) is 5.02 Å². The van der Waals surface area contributed by atoms with E-state index in [-0.39, 0.29) is 5.69 Å². The minimum Gasteiger partial charge on any atom is -0.495 e. The summed E-state index contributed by atoms with van der Waals surface area (Å²) in [5.41, 5.74) is 1.47. The number of hydrogen-bond donors (Lipinski definition) is 0. The topological polar surface area (TPSA) is 66.2 Å². The fourth-order valence-corrected chi connectivity index (χ4v) is 2.00. The smallest absolute Gasteiger partial charge is 0.360 e. The molecular formula is C13H14ClN3O3. The van der Waals surface area contributed by atoms with Crippen LogP contribution in [0.5, 0.6) is 5.75 Å². The van der Waals surface area contributed by atoms with E-state index in [9.17, 15) is 4.79 Å². The molecule has 2 aromatic rings. The van der Waals surface area contributed by atoms with Crippen molar-refractivity contribution in [3.63, 3.8) is 0 Å². The second kappa shape index (κ2) is 5.92. The van der Waals surface area contributed by atoms with Crippen LogP contribution in [0.1, 0.15) is 23.1 Å². The zero-order valence-corrected chi connectivity index (χ0v) is 12.1. The average molecular weight is 296 g/mol. The third-order valence-electron chi connectivity index (χ3n) is 2.74. The Morgan fingerprint density at radius 2 is 2.20 bits per heavy atom. The van der Waals surface area contributed by atoms with Crippen LogP contribution in [0.25, 0.3) is 5.69 Å². The zero-order chi connectivity index (χ0) is 14.7. The van der Waals surface area contributed by atoms with E-state index in [2.05, 4.69) is 10.3 Å². The predicted molar refractivity (Wildman–Crippen MR) is 73.6 cm³/mol. The van der Waals surface area contributed by atoms with Crippen molar-refractivity contribution < 1.29 is 14.3 Å². The van der Waals surface area contributed by atoms with Gasteiger partial charge < -0.3 is 9.47 Å². The molecule has 0 N–H and O–H groups in total. The third kappa shape index (κ3) is 2.60. The summed E-state index contributed by atoms with van der Waals surface area (Å²) in [5, 5.41) is 8.26. The Balaban J connectivity index is 2.39. The van der Waals surface area contributed by atoms with Gasteiger partial charge in [0.05, 0.1) is 30.1 Å². The molecule has 0 aliphatic heterocycles. The van der Waals surface area contributed by atoms with Crippen LogP contribution in [0.3, 0.4) is 0 Å². The summed E-state index contributed by atoms with van der Waals surface area (Å²) < 4.78 is 11.5. The monoisotopic (exact) mass is 295 g/mol. The van der Waals surface area contributed by atoms with Crippen molar-refractivity contribution in [3.8, 4) is 11.4 Å². The molecule has 7 heteroatoms. The SMILES string of the molecule is CCOC(=O)c1nnn(-c2ccc(OC)c(Cl)c2)c1C. The molecule has 0 fully saturated rings. The van der Waals surface area contributed by atoms with Gasteiger partial charge in [0.2, 0.25) is 0 Å². The van der Waals surface area contributed by atoms with Crippen molar-refractivity contribution in [3.05, 3.63) is 34.6 Å². The van der Waals surface area contributed by atoms with Crippen molar-refractivity contribution in [2.24, 2.45) is 0 Å². The number of ether oxygens (including phenoxy) is 2. The lowest BCUT2D eigenvalue weighted by molar-refractivity contribution is 0.0518. The number of rotatable bonds is 4. The number of carbonyl (C=O) groups is 1. The summed E-state index contributed by atoms with van der Waals surface area (Å²) in [6, 6.07) is 5.20. The maximum absolute atomic E-state index is 11.7. The maximum Gasteiger partial charge on any atom is 0.360 e. The first-order chi connectivity index (χ1) is 9.58. The van der Waals surface area contributed by atoms with Gasteiger partial charge in [-0.05, 0) is 32.0 Å². The van der Waals surface area contributed by atoms with Crippen LogP contribution in [0.4, 0.5) is 0 Å². The third-order valence-corrected chi connectivity index (χ3v) is 3.04. The lowest BCUT2D eigenvalue weighted by Gasteiger charge is -2.07. The van der Waals surface area contributed by atoms with Gasteiger partial charge in [0.1, 0.15) is 5.75 Å². The summed E-state index contributed by atoms with van der Waals surface area (Å²) >= 11 is 6.07. The minimum atomic E-state index is -0.490. The summed E-state index contributed by atoms with van der Waals surface area (Å²) in [7, 11) is 1.54. The molecule has 1 aromatic heterocycles. The molecule has 0 amide bonds. The molecule has 0 aliphatic rings. The van der Waals surface area contributed by atoms with Crippen molar-refractivity contribution >= 4 is 17.6 Å². The number of esters is 1. The molecule has 1 heterocycles. The van der Waals surface area contributed by atoms with Gasteiger partial charge in [0.15, 0.2) is 5.69 Å². The second-order valence-corrected chi connectivity index (χ2v) is 4.38. The van der Waals surface area contributed by atoms with E-state index < -0.39 is 5.97 Å². The van der Waals surface area contributed by atoms with E-state index in [1.165, 1.54) is 4.68 Å². The highest BCUT2D eigenvalue weighted by atomic mass is 35.5. The molecular weight excluding hydrogens is 282 g/mol. The molecule has 1 aromatic carbocycles. The van der Waals surface area contributed by atoms with Crippen LogP contribution < -0.4 is 4.74 Å². The number of nitrogens with zero attached hydrogens (tertiary/aromatic N) is 3. The quantitative estimate of drug-likeness (QED) is 0.810. The molecule has 0 unspecified atom stereocenters. The largest absolute Gasteiger partial charge is 0.495 e. The van der Waals surface area contributed by atoms with Gasteiger partial charge in [0, 0.05) is 0 Å². The Hall–Kier alpha value is -2.08. The van der Waals surface area contributed by atoms with Crippen molar-refractivity contribution in [2.75, 3.05) is 13.7 Å². The van der Waals surface area contributed by atoms with E-state index in [0.29, 0.717) is 28.8 Å². The molecule has 0 bridgehead atoms. The Bertz CT molecular complexity index is 640. The maximum atomic E-state index is 11.7. The van der Waals surface area contributed by atoms with Crippen LogP contribution in [0.15, 0.2) is 18.2 Å². The summed E-state index contributed by atoms with van der Waals surface area (Å²) in [4.78, 5) is 11.7. The summed E-state index contributed by atoms with van der Waals surface area (Å²) in [5.74, 6) is 0.0784.